The van der Waals surface area contributed by atoms with Crippen LogP contribution in [0, 0.1) is 13.8 Å². The summed E-state index contributed by atoms with van der Waals surface area (Å²) in [6, 6.07) is 7.09. The predicted molar refractivity (Wildman–Crippen MR) is 96.8 cm³/mol. The van der Waals surface area contributed by atoms with E-state index in [1.807, 2.05) is 19.1 Å². The lowest BCUT2D eigenvalue weighted by Gasteiger charge is -2.36. The molecule has 138 valence electrons. The highest BCUT2D eigenvalue weighted by Crippen LogP contribution is 2.22. The molecule has 0 amide bonds. The molecule has 3 rings (SSSR count). The Hall–Kier alpha value is -2.32. The Labute approximate surface area is 153 Å². The van der Waals surface area contributed by atoms with Crippen LogP contribution in [-0.2, 0) is 16.4 Å². The standard InChI is InChI=1S/C18H21N3O4S/c1-12-4-5-14(19-9-12)7-18(22)17-8-15(6-13(2)20-17)25-16-10-21(11-16)26(3,23)24/h4-6,8-9,16H,7,10-11H2,1-3H3. The third-order valence-electron chi connectivity index (χ3n) is 4.11. The minimum atomic E-state index is -3.18. The molecule has 0 aromatic carbocycles. The van der Waals surface area contributed by atoms with E-state index in [2.05, 4.69) is 9.97 Å². The van der Waals surface area contributed by atoms with E-state index in [1.165, 1.54) is 10.6 Å². The number of Topliss-reactive ketones (excluding diaryl/α,β-unsaturated/α-hetero) is 1. The number of pyridine rings is 2. The number of carbonyl (C=O) groups excluding carboxylic acids is 1. The van der Waals surface area contributed by atoms with Crippen molar-refractivity contribution in [2.75, 3.05) is 19.3 Å². The maximum atomic E-state index is 12.5. The number of nitrogens with zero attached hydrogens (tertiary/aromatic N) is 3. The quantitative estimate of drug-likeness (QED) is 0.712. The molecule has 1 fully saturated rings. The van der Waals surface area contributed by atoms with Crippen molar-refractivity contribution in [1.82, 2.24) is 14.3 Å². The zero-order chi connectivity index (χ0) is 18.9. The SMILES string of the molecule is Cc1ccc(CC(=O)c2cc(OC3CN(S(C)(=O)=O)C3)cc(C)n2)nc1. The number of ketones is 1. The van der Waals surface area contributed by atoms with Crippen LogP contribution in [0.1, 0.15) is 27.4 Å². The second-order valence-corrected chi connectivity index (χ2v) is 8.56. The highest BCUT2D eigenvalue weighted by Gasteiger charge is 2.34. The van der Waals surface area contributed by atoms with Crippen molar-refractivity contribution in [3.8, 4) is 5.75 Å². The normalized spacial score (nSPS) is 15.5. The molecule has 0 spiro atoms. The molecule has 3 heterocycles. The van der Waals surface area contributed by atoms with Crippen LogP contribution in [0.2, 0.25) is 0 Å². The molecule has 1 aliphatic rings. The lowest BCUT2D eigenvalue weighted by molar-refractivity contribution is 0.0763. The number of hydrogen-bond donors (Lipinski definition) is 0. The van der Waals surface area contributed by atoms with Crippen LogP contribution < -0.4 is 4.74 Å². The summed E-state index contributed by atoms with van der Waals surface area (Å²) in [5, 5.41) is 0. The summed E-state index contributed by atoms with van der Waals surface area (Å²) in [6.07, 6.45) is 2.86. The second-order valence-electron chi connectivity index (χ2n) is 6.58. The van der Waals surface area contributed by atoms with Crippen LogP contribution in [0.3, 0.4) is 0 Å². The van der Waals surface area contributed by atoms with E-state index < -0.39 is 10.0 Å². The first-order chi connectivity index (χ1) is 12.2. The fraction of sp³-hybridized carbons (Fsp3) is 0.389. The molecule has 8 heteroatoms. The maximum absolute atomic E-state index is 12.5. The van der Waals surface area contributed by atoms with Crippen molar-refractivity contribution < 1.29 is 17.9 Å². The van der Waals surface area contributed by atoms with Crippen LogP contribution in [0.4, 0.5) is 0 Å². The van der Waals surface area contributed by atoms with Gasteiger partial charge in [0.1, 0.15) is 17.5 Å². The third kappa shape index (κ3) is 4.44. The minimum Gasteiger partial charge on any atom is -0.488 e. The van der Waals surface area contributed by atoms with Gasteiger partial charge in [-0.15, -0.1) is 0 Å². The van der Waals surface area contributed by atoms with Crippen LogP contribution in [0.15, 0.2) is 30.5 Å². The van der Waals surface area contributed by atoms with Gasteiger partial charge in [-0.3, -0.25) is 9.78 Å². The molecule has 2 aromatic rings. The molecule has 0 radical (unpaired) electrons. The summed E-state index contributed by atoms with van der Waals surface area (Å²) in [4.78, 5) is 21.0. The molecule has 0 saturated carbocycles. The monoisotopic (exact) mass is 375 g/mol. The average molecular weight is 375 g/mol. The van der Waals surface area contributed by atoms with E-state index in [4.69, 9.17) is 4.74 Å². The first kappa shape index (κ1) is 18.5. The van der Waals surface area contributed by atoms with Crippen molar-refractivity contribution >= 4 is 15.8 Å². The van der Waals surface area contributed by atoms with Crippen molar-refractivity contribution in [1.29, 1.82) is 0 Å². The van der Waals surface area contributed by atoms with Crippen LogP contribution in [0.5, 0.6) is 5.75 Å². The number of sulfonamides is 1. The maximum Gasteiger partial charge on any atom is 0.211 e. The highest BCUT2D eigenvalue weighted by molar-refractivity contribution is 7.88. The molecular weight excluding hydrogens is 354 g/mol. The van der Waals surface area contributed by atoms with E-state index in [0.29, 0.717) is 35.9 Å². The van der Waals surface area contributed by atoms with Crippen LogP contribution in [0.25, 0.3) is 0 Å². The summed E-state index contributed by atoms with van der Waals surface area (Å²) in [5.41, 5.74) is 2.71. The molecular formula is C18H21N3O4S. The Kier molecular flexibility index (Phi) is 5.06. The summed E-state index contributed by atoms with van der Waals surface area (Å²) in [5.74, 6) is 0.386. The highest BCUT2D eigenvalue weighted by atomic mass is 32.2. The summed E-state index contributed by atoms with van der Waals surface area (Å²) in [7, 11) is -3.18. The van der Waals surface area contributed by atoms with Gasteiger partial charge < -0.3 is 4.74 Å². The molecule has 0 aliphatic carbocycles. The van der Waals surface area contributed by atoms with Crippen LogP contribution >= 0.6 is 0 Å². The first-order valence-corrected chi connectivity index (χ1v) is 10.1. The number of ether oxygens (including phenoxy) is 1. The lowest BCUT2D eigenvalue weighted by Crippen LogP contribution is -2.55. The Morgan fingerprint density at radius 1 is 1.27 bits per heavy atom. The molecule has 26 heavy (non-hydrogen) atoms. The fourth-order valence-electron chi connectivity index (χ4n) is 2.64. The van der Waals surface area contributed by atoms with Gasteiger partial charge in [-0.1, -0.05) is 6.07 Å². The van der Waals surface area contributed by atoms with Gasteiger partial charge in [0.15, 0.2) is 5.78 Å². The van der Waals surface area contributed by atoms with Gasteiger partial charge in [-0.2, -0.15) is 4.31 Å². The zero-order valence-electron chi connectivity index (χ0n) is 15.0. The number of carbonyl (C=O) groups is 1. The van der Waals surface area contributed by atoms with Crippen molar-refractivity contribution in [2.45, 2.75) is 26.4 Å². The number of aryl methyl sites for hydroxylation is 2. The van der Waals surface area contributed by atoms with Gasteiger partial charge in [0.2, 0.25) is 10.0 Å². The Morgan fingerprint density at radius 2 is 2.00 bits per heavy atom. The topological polar surface area (TPSA) is 89.5 Å². The largest absolute Gasteiger partial charge is 0.488 e. The Balaban J connectivity index is 1.67. The van der Waals surface area contributed by atoms with Crippen LogP contribution in [-0.4, -0.2) is 53.9 Å². The van der Waals surface area contributed by atoms with E-state index in [9.17, 15) is 13.2 Å². The fourth-order valence-corrected chi connectivity index (χ4v) is 3.52. The van der Waals surface area contributed by atoms with Gasteiger partial charge in [0.05, 0.1) is 25.8 Å². The van der Waals surface area contributed by atoms with Gasteiger partial charge in [-0.05, 0) is 25.5 Å². The Morgan fingerprint density at radius 3 is 2.62 bits per heavy atom. The number of rotatable bonds is 6. The van der Waals surface area contributed by atoms with Gasteiger partial charge in [-0.25, -0.2) is 13.4 Å². The zero-order valence-corrected chi connectivity index (χ0v) is 15.8. The summed E-state index contributed by atoms with van der Waals surface area (Å²) in [6.45, 7) is 4.36. The number of aromatic nitrogens is 2. The lowest BCUT2D eigenvalue weighted by atomic mass is 10.1. The van der Waals surface area contributed by atoms with Gasteiger partial charge >= 0.3 is 0 Å². The minimum absolute atomic E-state index is 0.138. The van der Waals surface area contributed by atoms with Crippen molar-refractivity contribution in [3.05, 3.63) is 53.1 Å². The summed E-state index contributed by atoms with van der Waals surface area (Å²) >= 11 is 0. The van der Waals surface area contributed by atoms with Crippen molar-refractivity contribution in [3.63, 3.8) is 0 Å². The average Bonchev–Trinajstić information content (AvgIpc) is 2.51. The van der Waals surface area contributed by atoms with E-state index >= 15 is 0 Å². The molecule has 0 N–H and O–H groups in total. The summed E-state index contributed by atoms with van der Waals surface area (Å²) < 4.78 is 30.0. The first-order valence-electron chi connectivity index (χ1n) is 8.26. The molecule has 0 unspecified atom stereocenters. The smallest absolute Gasteiger partial charge is 0.211 e. The molecule has 0 atom stereocenters. The van der Waals surface area contributed by atoms with Crippen molar-refractivity contribution in [2.24, 2.45) is 0 Å². The van der Waals surface area contributed by atoms with Gasteiger partial charge in [0, 0.05) is 29.7 Å². The third-order valence-corrected chi connectivity index (χ3v) is 5.35. The number of hydrogen-bond acceptors (Lipinski definition) is 6. The molecule has 7 nitrogen and oxygen atoms in total. The molecule has 1 saturated heterocycles. The molecule has 1 aliphatic heterocycles. The Bertz CT molecular complexity index is 920. The van der Waals surface area contributed by atoms with Gasteiger partial charge in [0.25, 0.3) is 0 Å². The van der Waals surface area contributed by atoms with E-state index in [1.54, 1.807) is 25.3 Å². The predicted octanol–water partition coefficient (Wildman–Crippen LogP) is 1.54. The second kappa shape index (κ2) is 7.13. The molecule has 2 aromatic heterocycles. The molecule has 0 bridgehead atoms. The van der Waals surface area contributed by atoms with E-state index in [-0.39, 0.29) is 18.3 Å². The van der Waals surface area contributed by atoms with E-state index in [0.717, 1.165) is 5.56 Å².